The lowest BCUT2D eigenvalue weighted by molar-refractivity contribution is -0.128. The van der Waals surface area contributed by atoms with Gasteiger partial charge in [-0.2, -0.15) is 0 Å². The van der Waals surface area contributed by atoms with Crippen molar-refractivity contribution in [1.82, 2.24) is 4.90 Å². The van der Waals surface area contributed by atoms with Crippen LogP contribution in [0, 0.1) is 0 Å². The van der Waals surface area contributed by atoms with Gasteiger partial charge in [0, 0.05) is 24.9 Å². The summed E-state index contributed by atoms with van der Waals surface area (Å²) in [4.78, 5) is 13.1. The van der Waals surface area contributed by atoms with Crippen LogP contribution in [0.25, 0.3) is 0 Å². The summed E-state index contributed by atoms with van der Waals surface area (Å²) in [5.74, 6) is 0.943. The van der Waals surface area contributed by atoms with Crippen LogP contribution in [-0.2, 0) is 4.79 Å². The number of rotatable bonds is 3. The van der Waals surface area contributed by atoms with Gasteiger partial charge in [-0.05, 0) is 19.8 Å². The smallest absolute Gasteiger partial charge is 0.222 e. The molecule has 1 saturated heterocycles. The van der Waals surface area contributed by atoms with E-state index in [1.165, 1.54) is 0 Å². The van der Waals surface area contributed by atoms with Gasteiger partial charge in [0.1, 0.15) is 0 Å². The summed E-state index contributed by atoms with van der Waals surface area (Å²) in [6.45, 7) is 2.93. The van der Waals surface area contributed by atoms with Crippen molar-refractivity contribution in [2.45, 2.75) is 32.2 Å². The molecule has 0 aromatic carbocycles. The van der Waals surface area contributed by atoms with Crippen LogP contribution >= 0.6 is 11.6 Å². The minimum absolute atomic E-state index is 0.294. The van der Waals surface area contributed by atoms with Crippen molar-refractivity contribution in [1.29, 1.82) is 0 Å². The van der Waals surface area contributed by atoms with Crippen LogP contribution in [0.2, 0.25) is 0 Å². The van der Waals surface area contributed by atoms with Crippen LogP contribution in [0.1, 0.15) is 26.2 Å². The molecule has 0 aliphatic carbocycles. The molecule has 0 bridgehead atoms. The van der Waals surface area contributed by atoms with Crippen molar-refractivity contribution in [2.75, 3.05) is 12.4 Å². The van der Waals surface area contributed by atoms with E-state index in [4.69, 9.17) is 11.6 Å². The molecule has 1 aliphatic heterocycles. The lowest BCUT2D eigenvalue weighted by Gasteiger charge is -2.20. The van der Waals surface area contributed by atoms with Crippen LogP contribution in [0.5, 0.6) is 0 Å². The first-order valence-corrected chi connectivity index (χ1v) is 4.64. The molecule has 1 amide bonds. The number of amides is 1. The maximum Gasteiger partial charge on any atom is 0.222 e. The van der Waals surface area contributed by atoms with Gasteiger partial charge in [-0.1, -0.05) is 0 Å². The fourth-order valence-corrected chi connectivity index (χ4v) is 1.57. The Hall–Kier alpha value is -0.240. The number of nitrogens with zero attached hydrogens (tertiary/aromatic N) is 1. The predicted molar refractivity (Wildman–Crippen MR) is 45.7 cm³/mol. The molecule has 0 spiro atoms. The normalized spacial score (nSPS) is 24.7. The van der Waals surface area contributed by atoms with Crippen molar-refractivity contribution in [3.05, 3.63) is 0 Å². The molecule has 0 aromatic rings. The molecule has 2 nitrogen and oxygen atoms in total. The summed E-state index contributed by atoms with van der Waals surface area (Å²) < 4.78 is 0. The highest BCUT2D eigenvalue weighted by atomic mass is 35.5. The first-order valence-electron chi connectivity index (χ1n) is 4.11. The van der Waals surface area contributed by atoms with Gasteiger partial charge in [0.15, 0.2) is 0 Å². The first kappa shape index (κ1) is 8.85. The third-order valence-electron chi connectivity index (χ3n) is 2.16. The van der Waals surface area contributed by atoms with E-state index in [-0.39, 0.29) is 0 Å². The average molecular weight is 176 g/mol. The van der Waals surface area contributed by atoms with Crippen LogP contribution in [0.3, 0.4) is 0 Å². The van der Waals surface area contributed by atoms with Crippen molar-refractivity contribution in [3.63, 3.8) is 0 Å². The molecule has 1 unspecified atom stereocenters. The fraction of sp³-hybridized carbons (Fsp3) is 0.875. The SMILES string of the molecule is CC1CCC(=O)N1CCCCl. The minimum atomic E-state index is 0.294. The second-order valence-corrected chi connectivity index (χ2v) is 3.40. The van der Waals surface area contributed by atoms with E-state index in [9.17, 15) is 4.79 Å². The maximum atomic E-state index is 11.2. The van der Waals surface area contributed by atoms with E-state index < -0.39 is 0 Å². The molecule has 64 valence electrons. The number of hydrogen-bond donors (Lipinski definition) is 0. The van der Waals surface area contributed by atoms with Gasteiger partial charge in [0.25, 0.3) is 0 Å². The highest BCUT2D eigenvalue weighted by Gasteiger charge is 2.26. The quantitative estimate of drug-likeness (QED) is 0.597. The Kier molecular flexibility index (Phi) is 3.18. The van der Waals surface area contributed by atoms with Crippen LogP contribution < -0.4 is 0 Å². The topological polar surface area (TPSA) is 20.3 Å². The molecule has 0 N–H and O–H groups in total. The third-order valence-corrected chi connectivity index (χ3v) is 2.43. The zero-order valence-corrected chi connectivity index (χ0v) is 7.60. The molecular formula is C8H14ClNO. The molecular weight excluding hydrogens is 162 g/mol. The Balaban J connectivity index is 2.35. The maximum absolute atomic E-state index is 11.2. The number of carbonyl (C=O) groups is 1. The molecule has 0 saturated carbocycles. The van der Waals surface area contributed by atoms with E-state index in [2.05, 4.69) is 6.92 Å². The van der Waals surface area contributed by atoms with E-state index in [1.807, 2.05) is 4.90 Å². The molecule has 0 radical (unpaired) electrons. The van der Waals surface area contributed by atoms with Crippen LogP contribution in [0.4, 0.5) is 0 Å². The number of halogens is 1. The Morgan fingerprint density at radius 1 is 1.73 bits per heavy atom. The lowest BCUT2D eigenvalue weighted by atomic mass is 10.2. The van der Waals surface area contributed by atoms with Crippen LogP contribution in [-0.4, -0.2) is 29.3 Å². The fourth-order valence-electron chi connectivity index (χ4n) is 1.45. The summed E-state index contributed by atoms with van der Waals surface area (Å²) in [7, 11) is 0. The van der Waals surface area contributed by atoms with Crippen molar-refractivity contribution in [2.24, 2.45) is 0 Å². The number of alkyl halides is 1. The molecule has 1 aliphatic rings. The van der Waals surface area contributed by atoms with Gasteiger partial charge < -0.3 is 4.90 Å². The summed E-state index contributed by atoms with van der Waals surface area (Å²) >= 11 is 5.54. The highest BCUT2D eigenvalue weighted by molar-refractivity contribution is 6.17. The third kappa shape index (κ3) is 2.09. The van der Waals surface area contributed by atoms with Gasteiger partial charge in [-0.15, -0.1) is 11.6 Å². The standard InChI is InChI=1S/C8H14ClNO/c1-7-3-4-8(11)10(7)6-2-5-9/h7H,2-6H2,1H3. The van der Waals surface area contributed by atoms with Gasteiger partial charge >= 0.3 is 0 Å². The zero-order chi connectivity index (χ0) is 8.27. The summed E-state index contributed by atoms with van der Waals surface area (Å²) in [6, 6.07) is 0.436. The Bertz CT molecular complexity index is 149. The Morgan fingerprint density at radius 3 is 2.91 bits per heavy atom. The van der Waals surface area contributed by atoms with Gasteiger partial charge in [-0.25, -0.2) is 0 Å². The molecule has 1 heterocycles. The van der Waals surface area contributed by atoms with Gasteiger partial charge in [0.2, 0.25) is 5.91 Å². The van der Waals surface area contributed by atoms with Gasteiger partial charge in [-0.3, -0.25) is 4.79 Å². The second kappa shape index (κ2) is 3.96. The van der Waals surface area contributed by atoms with Crippen molar-refractivity contribution < 1.29 is 4.79 Å². The predicted octanol–water partition coefficient (Wildman–Crippen LogP) is 1.63. The molecule has 1 rings (SSSR count). The average Bonchev–Trinajstić information content (AvgIpc) is 2.29. The monoisotopic (exact) mass is 175 g/mol. The Labute approximate surface area is 72.5 Å². The Morgan fingerprint density at radius 2 is 2.45 bits per heavy atom. The number of hydrogen-bond acceptors (Lipinski definition) is 1. The molecule has 0 aromatic heterocycles. The minimum Gasteiger partial charge on any atom is -0.340 e. The molecule has 1 fully saturated rings. The van der Waals surface area contributed by atoms with Gasteiger partial charge in [0.05, 0.1) is 0 Å². The second-order valence-electron chi connectivity index (χ2n) is 3.02. The first-order chi connectivity index (χ1) is 5.25. The zero-order valence-electron chi connectivity index (χ0n) is 6.85. The highest BCUT2D eigenvalue weighted by Crippen LogP contribution is 2.17. The van der Waals surface area contributed by atoms with Crippen LogP contribution in [0.15, 0.2) is 0 Å². The lowest BCUT2D eigenvalue weighted by Crippen LogP contribution is -2.31. The number of carbonyl (C=O) groups excluding carboxylic acids is 1. The van der Waals surface area contributed by atoms with Crippen molar-refractivity contribution in [3.8, 4) is 0 Å². The van der Waals surface area contributed by atoms with E-state index in [0.717, 1.165) is 25.8 Å². The molecule has 1 atom stereocenters. The summed E-state index contributed by atoms with van der Waals surface area (Å²) in [5.41, 5.74) is 0. The van der Waals surface area contributed by atoms with E-state index in [1.54, 1.807) is 0 Å². The number of likely N-dealkylation sites (tertiary alicyclic amines) is 1. The van der Waals surface area contributed by atoms with Crippen molar-refractivity contribution >= 4 is 17.5 Å². The van der Waals surface area contributed by atoms with E-state index in [0.29, 0.717) is 17.8 Å². The molecule has 3 heteroatoms. The summed E-state index contributed by atoms with van der Waals surface area (Å²) in [6.07, 6.45) is 2.65. The largest absolute Gasteiger partial charge is 0.340 e. The molecule has 11 heavy (non-hydrogen) atoms. The summed E-state index contributed by atoms with van der Waals surface area (Å²) in [5, 5.41) is 0. The van der Waals surface area contributed by atoms with E-state index >= 15 is 0 Å².